The second-order valence-electron chi connectivity index (χ2n) is 2.73. The first-order valence-corrected chi connectivity index (χ1v) is 6.85. The van der Waals surface area contributed by atoms with E-state index in [9.17, 15) is 4.79 Å². The number of carbonyl (C=O) groups excluding carboxylic acids is 1. The van der Waals surface area contributed by atoms with Gasteiger partial charge in [-0.3, -0.25) is 0 Å². The van der Waals surface area contributed by atoms with Crippen LogP contribution in [-0.4, -0.2) is 5.91 Å². The van der Waals surface area contributed by atoms with Crippen molar-refractivity contribution in [2.75, 3.05) is 0 Å². The summed E-state index contributed by atoms with van der Waals surface area (Å²) in [5.41, 5.74) is 0. The van der Waals surface area contributed by atoms with Crippen molar-refractivity contribution >= 4 is 5.91 Å². The molecule has 10 heavy (non-hydrogen) atoms. The normalized spacial score (nSPS) is 9.20. The van der Waals surface area contributed by atoms with Crippen LogP contribution in [0.3, 0.4) is 0 Å². The van der Waals surface area contributed by atoms with Crippen LogP contribution in [0.5, 0.6) is 0 Å². The van der Waals surface area contributed by atoms with E-state index in [2.05, 4.69) is 16.3 Å². The van der Waals surface area contributed by atoms with Gasteiger partial charge in [0.25, 0.3) is 0 Å². The average molecular weight is 218 g/mol. The predicted molar refractivity (Wildman–Crippen MR) is 38.1 cm³/mol. The molecule has 0 aromatic rings. The van der Waals surface area contributed by atoms with Gasteiger partial charge in [0.2, 0.25) is 0 Å². The molecule has 0 aliphatic carbocycles. The molecule has 1 N–H and O–H groups in total. The summed E-state index contributed by atoms with van der Waals surface area (Å²) < 4.78 is 3.78. The Bertz CT molecular complexity index is 104. The Labute approximate surface area is 78.7 Å². The molecule has 0 aliphatic heterocycles. The van der Waals surface area contributed by atoms with Crippen LogP contribution in [0.15, 0.2) is 0 Å². The monoisotopic (exact) mass is 218 g/mol. The molecular weight excluding hydrogens is 203 g/mol. The van der Waals surface area contributed by atoms with E-state index in [1.807, 2.05) is 6.92 Å². The third kappa shape index (κ3) is 6.69. The van der Waals surface area contributed by atoms with Gasteiger partial charge in [0, 0.05) is 0 Å². The van der Waals surface area contributed by atoms with Gasteiger partial charge in [-0.15, -0.1) is 0 Å². The summed E-state index contributed by atoms with van der Waals surface area (Å²) in [6, 6.07) is 0. The summed E-state index contributed by atoms with van der Waals surface area (Å²) in [6.45, 7) is 6.38. The molecule has 1 amide bonds. The van der Waals surface area contributed by atoms with Crippen molar-refractivity contribution < 1.29 is 34.3 Å². The molecule has 0 aromatic heterocycles. The van der Waals surface area contributed by atoms with Crippen molar-refractivity contribution in [2.24, 2.45) is 0 Å². The van der Waals surface area contributed by atoms with Crippen LogP contribution in [-0.2, 0) is 34.3 Å². The number of hydrogen-bond acceptors (Lipinski definition) is 1. The van der Waals surface area contributed by atoms with E-state index >= 15 is 0 Å². The van der Waals surface area contributed by atoms with Gasteiger partial charge in [-0.25, -0.2) is 0 Å². The van der Waals surface area contributed by atoms with E-state index in [4.69, 9.17) is 0 Å². The molecule has 0 aromatic carbocycles. The molecule has 57 valence electrons. The molecule has 0 atom stereocenters. The zero-order valence-electron chi connectivity index (χ0n) is 6.98. The zero-order chi connectivity index (χ0) is 7.98. The van der Waals surface area contributed by atoms with E-state index in [0.717, 1.165) is 9.15 Å². The van der Waals surface area contributed by atoms with E-state index in [1.54, 1.807) is 0 Å². The Kier molecular flexibility index (Phi) is 6.66. The van der Waals surface area contributed by atoms with Crippen LogP contribution < -0.4 is 2.45 Å². The van der Waals surface area contributed by atoms with Gasteiger partial charge >= 0.3 is 79.0 Å². The van der Waals surface area contributed by atoms with Crippen LogP contribution >= 0.6 is 0 Å². The van der Waals surface area contributed by atoms with Crippen molar-refractivity contribution in [1.82, 2.24) is 2.45 Å². The van der Waals surface area contributed by atoms with Gasteiger partial charge in [0.1, 0.15) is 0 Å². The number of nitrogens with one attached hydrogen (secondary N) is 1. The van der Waals surface area contributed by atoms with Gasteiger partial charge in [-0.2, -0.15) is 0 Å². The first-order chi connectivity index (χ1) is 4.66. The SMILES string of the molecule is CCCC(=O)[NH][Y][CH](C)C. The van der Waals surface area contributed by atoms with Crippen LogP contribution in [0.4, 0.5) is 0 Å². The Hall–Kier alpha value is 0.574. The second kappa shape index (κ2) is 6.29. The van der Waals surface area contributed by atoms with Crippen LogP contribution in [0.25, 0.3) is 0 Å². The molecule has 0 radical (unpaired) electrons. The quantitative estimate of drug-likeness (QED) is 0.764. The van der Waals surface area contributed by atoms with Crippen molar-refractivity contribution in [1.29, 1.82) is 0 Å². The molecule has 0 aliphatic rings. The zero-order valence-corrected chi connectivity index (χ0v) is 9.82. The molecule has 0 saturated carbocycles. The molecule has 0 heterocycles. The summed E-state index contributed by atoms with van der Waals surface area (Å²) in [4.78, 5) is 10.9. The Morgan fingerprint density at radius 1 is 1.60 bits per heavy atom. The third-order valence-electron chi connectivity index (χ3n) is 1.05. The first-order valence-electron chi connectivity index (χ1n) is 3.79. The molecule has 0 bridgehead atoms. The number of rotatable bonds is 4. The van der Waals surface area contributed by atoms with Crippen molar-refractivity contribution in [3.63, 3.8) is 0 Å². The minimum absolute atomic E-state index is 0.261. The fourth-order valence-corrected chi connectivity index (χ4v) is 2.19. The van der Waals surface area contributed by atoms with E-state index < -0.39 is 29.5 Å². The second-order valence-corrected chi connectivity index (χ2v) is 7.53. The molecule has 0 unspecified atom stereocenters. The van der Waals surface area contributed by atoms with E-state index in [0.29, 0.717) is 6.42 Å². The van der Waals surface area contributed by atoms with Crippen LogP contribution in [0.2, 0.25) is 2.73 Å². The van der Waals surface area contributed by atoms with Gasteiger partial charge < -0.3 is 0 Å². The van der Waals surface area contributed by atoms with E-state index in [-0.39, 0.29) is 5.91 Å². The van der Waals surface area contributed by atoms with E-state index in [1.165, 1.54) is 0 Å². The summed E-state index contributed by atoms with van der Waals surface area (Å²) in [5, 5.41) is 0. The molecule has 0 spiro atoms. The van der Waals surface area contributed by atoms with Gasteiger partial charge in [-0.1, -0.05) is 0 Å². The van der Waals surface area contributed by atoms with Gasteiger partial charge in [0.05, 0.1) is 0 Å². The van der Waals surface area contributed by atoms with Crippen molar-refractivity contribution in [3.8, 4) is 0 Å². The summed E-state index contributed by atoms with van der Waals surface area (Å²) in [7, 11) is 0. The van der Waals surface area contributed by atoms with Crippen LogP contribution in [0, 0.1) is 0 Å². The van der Waals surface area contributed by atoms with Gasteiger partial charge in [0.15, 0.2) is 0 Å². The van der Waals surface area contributed by atoms with Crippen LogP contribution in [0.1, 0.15) is 33.6 Å². The average Bonchev–Trinajstić information content (AvgIpc) is 1.85. The molecule has 3 heteroatoms. The Morgan fingerprint density at radius 2 is 2.20 bits per heavy atom. The Morgan fingerprint density at radius 3 is 2.60 bits per heavy atom. The number of carbonyl (C=O) groups is 1. The molecule has 0 rings (SSSR count). The number of amides is 1. The third-order valence-corrected chi connectivity index (χ3v) is 3.89. The standard InChI is InChI=1S/C4H9NO.C3H7.Y/c1-2-3-4(5)6;1-3-2;/h2-3H2,1H3,(H2,5,6);3H,1-2H3;/q;;+1/p-1. The Balaban J connectivity index is 3.22. The fourth-order valence-electron chi connectivity index (χ4n) is 0.559. The summed E-state index contributed by atoms with van der Waals surface area (Å²) in [6.07, 6.45) is 1.67. The predicted octanol–water partition coefficient (Wildman–Crippen LogP) is 1.73. The van der Waals surface area contributed by atoms with Crippen molar-refractivity contribution in [3.05, 3.63) is 0 Å². The molecule has 0 fully saturated rings. The first kappa shape index (κ1) is 10.6. The fraction of sp³-hybridized carbons (Fsp3) is 0.857. The minimum atomic E-state index is -0.735. The van der Waals surface area contributed by atoms with Crippen molar-refractivity contribution in [2.45, 2.75) is 36.3 Å². The molecule has 2 nitrogen and oxygen atoms in total. The maximum atomic E-state index is 10.9. The summed E-state index contributed by atoms with van der Waals surface area (Å²) >= 11 is -0.735. The number of hydrogen-bond donors (Lipinski definition) is 1. The molecule has 0 saturated heterocycles. The maximum absolute atomic E-state index is 10.9. The van der Waals surface area contributed by atoms with Gasteiger partial charge in [-0.05, 0) is 0 Å². The molecular formula is C7H15NOY. The summed E-state index contributed by atoms with van der Waals surface area (Å²) in [5.74, 6) is 0.261. The topological polar surface area (TPSA) is 29.1 Å².